The van der Waals surface area contributed by atoms with Crippen molar-refractivity contribution in [3.63, 3.8) is 0 Å². The Morgan fingerprint density at radius 2 is 1.46 bits per heavy atom. The largest absolute Gasteiger partial charge is 0.370 e. The molecule has 5 heteroatoms. The van der Waals surface area contributed by atoms with Gasteiger partial charge in [0.05, 0.1) is 30.7 Å². The van der Waals surface area contributed by atoms with Crippen LogP contribution in [0.3, 0.4) is 0 Å². The summed E-state index contributed by atoms with van der Waals surface area (Å²) in [5.74, 6) is 0.912. The van der Waals surface area contributed by atoms with Gasteiger partial charge in [0.15, 0.2) is 6.29 Å². The molecule has 0 aromatic heterocycles. The van der Waals surface area contributed by atoms with Crippen molar-refractivity contribution >= 4 is 11.8 Å². The maximum absolute atomic E-state index is 6.25. The maximum Gasteiger partial charge on any atom is 0.185 e. The Hall–Kier alpha value is -1.37. The molecule has 2 aromatic rings. The van der Waals surface area contributed by atoms with Gasteiger partial charge in [0.1, 0.15) is 6.10 Å². The van der Waals surface area contributed by atoms with Gasteiger partial charge >= 0.3 is 0 Å². The molecule has 2 bridgehead atoms. The van der Waals surface area contributed by atoms with E-state index >= 15 is 0 Å². The Morgan fingerprint density at radius 3 is 2.04 bits per heavy atom. The van der Waals surface area contributed by atoms with E-state index in [1.165, 1.54) is 5.56 Å². The highest BCUT2D eigenvalue weighted by molar-refractivity contribution is 8.00. The Balaban J connectivity index is 1.42. The lowest BCUT2D eigenvalue weighted by molar-refractivity contribution is -0.262. The lowest BCUT2D eigenvalue weighted by atomic mass is 10.0. The van der Waals surface area contributed by atoms with Crippen LogP contribution in [0, 0.1) is 0 Å². The summed E-state index contributed by atoms with van der Waals surface area (Å²) < 4.78 is 24.2. The highest BCUT2D eigenvalue weighted by atomic mass is 32.2. The molecule has 5 atom stereocenters. The summed E-state index contributed by atoms with van der Waals surface area (Å²) in [6, 6.07) is 20.4. The van der Waals surface area contributed by atoms with Gasteiger partial charge in [-0.05, 0) is 11.1 Å². The van der Waals surface area contributed by atoms with Crippen molar-refractivity contribution < 1.29 is 18.9 Å². The van der Waals surface area contributed by atoms with Crippen molar-refractivity contribution in [3.8, 4) is 0 Å². The van der Waals surface area contributed by atoms with Gasteiger partial charge in [-0.3, -0.25) is 0 Å². The molecule has 26 heavy (non-hydrogen) atoms. The Bertz CT molecular complexity index is 681. The van der Waals surface area contributed by atoms with Crippen LogP contribution >= 0.6 is 11.8 Å². The van der Waals surface area contributed by atoms with E-state index in [9.17, 15) is 0 Å². The fourth-order valence-corrected chi connectivity index (χ4v) is 5.03. The van der Waals surface area contributed by atoms with Crippen LogP contribution in [0.2, 0.25) is 0 Å². The number of methoxy groups -OCH3 is 1. The van der Waals surface area contributed by atoms with Crippen molar-refractivity contribution in [2.24, 2.45) is 0 Å². The second kappa shape index (κ2) is 8.55. The third-order valence-electron chi connectivity index (χ3n) is 4.85. The van der Waals surface area contributed by atoms with E-state index in [0.717, 1.165) is 11.3 Å². The number of benzene rings is 2. The van der Waals surface area contributed by atoms with Crippen molar-refractivity contribution in [1.29, 1.82) is 0 Å². The second-order valence-electron chi connectivity index (χ2n) is 6.60. The van der Waals surface area contributed by atoms with Crippen molar-refractivity contribution in [1.82, 2.24) is 0 Å². The zero-order chi connectivity index (χ0) is 17.8. The van der Waals surface area contributed by atoms with Crippen molar-refractivity contribution in [3.05, 3.63) is 71.8 Å². The molecule has 4 rings (SSSR count). The van der Waals surface area contributed by atoms with E-state index in [0.29, 0.717) is 13.2 Å². The van der Waals surface area contributed by atoms with Crippen molar-refractivity contribution in [2.75, 3.05) is 12.9 Å². The summed E-state index contributed by atoms with van der Waals surface area (Å²) in [5.41, 5.74) is 2.32. The first kappa shape index (κ1) is 18.0. The molecule has 2 aromatic carbocycles. The van der Waals surface area contributed by atoms with Gasteiger partial charge in [-0.2, -0.15) is 11.8 Å². The third kappa shape index (κ3) is 3.97. The van der Waals surface area contributed by atoms with Gasteiger partial charge in [-0.25, -0.2) is 0 Å². The number of rotatable bonds is 7. The molecule has 2 fully saturated rings. The smallest absolute Gasteiger partial charge is 0.185 e. The number of hydrogen-bond donors (Lipinski definition) is 0. The zero-order valence-electron chi connectivity index (χ0n) is 14.8. The van der Waals surface area contributed by atoms with Gasteiger partial charge in [0.2, 0.25) is 0 Å². The average Bonchev–Trinajstić information content (AvgIpc) is 3.00. The monoisotopic (exact) mass is 372 g/mol. The van der Waals surface area contributed by atoms with Crippen LogP contribution in [0.1, 0.15) is 11.1 Å². The fourth-order valence-electron chi connectivity index (χ4n) is 3.51. The fraction of sp³-hybridized carbons (Fsp3) is 0.429. The summed E-state index contributed by atoms with van der Waals surface area (Å²) in [5, 5.41) is 0.214. The average molecular weight is 372 g/mol. The molecule has 0 spiro atoms. The first-order valence-corrected chi connectivity index (χ1v) is 10.0. The van der Waals surface area contributed by atoms with Crippen LogP contribution in [0.25, 0.3) is 0 Å². The first-order chi connectivity index (χ1) is 12.8. The van der Waals surface area contributed by atoms with Crippen LogP contribution < -0.4 is 0 Å². The number of ether oxygens (including phenoxy) is 4. The molecule has 2 aliphatic rings. The summed E-state index contributed by atoms with van der Waals surface area (Å²) in [6.45, 7) is 1.13. The van der Waals surface area contributed by atoms with Gasteiger partial charge < -0.3 is 18.9 Å². The van der Waals surface area contributed by atoms with Gasteiger partial charge in [-0.1, -0.05) is 60.7 Å². The van der Waals surface area contributed by atoms with E-state index in [4.69, 9.17) is 18.9 Å². The molecule has 0 saturated carbocycles. The summed E-state index contributed by atoms with van der Waals surface area (Å²) in [6.07, 6.45) is -0.423. The third-order valence-corrected chi connectivity index (χ3v) is 6.29. The predicted octanol–water partition coefficient (Wildman–Crippen LogP) is 3.64. The lowest BCUT2D eigenvalue weighted by Gasteiger charge is -2.39. The molecule has 0 unspecified atom stereocenters. The van der Waals surface area contributed by atoms with Crippen LogP contribution in [0.5, 0.6) is 0 Å². The molecule has 0 radical (unpaired) electrons. The zero-order valence-corrected chi connectivity index (χ0v) is 15.6. The number of thioether (sulfide) groups is 1. The topological polar surface area (TPSA) is 36.9 Å². The molecule has 2 aliphatic heterocycles. The molecule has 2 heterocycles. The van der Waals surface area contributed by atoms with Gasteiger partial charge in [-0.15, -0.1) is 0 Å². The molecule has 0 N–H and O–H groups in total. The Kier molecular flexibility index (Phi) is 5.92. The van der Waals surface area contributed by atoms with E-state index in [-0.39, 0.29) is 29.9 Å². The highest BCUT2D eigenvalue weighted by Crippen LogP contribution is 2.42. The summed E-state index contributed by atoms with van der Waals surface area (Å²) >= 11 is 1.86. The highest BCUT2D eigenvalue weighted by Gasteiger charge is 2.52. The molecule has 0 aliphatic carbocycles. The lowest BCUT2D eigenvalue weighted by Crippen LogP contribution is -2.54. The molecular weight excluding hydrogens is 348 g/mol. The standard InChI is InChI=1S/C21H24O4S/c1-22-21-19(24-13-16-10-6-3-7-11-16)20-18(17(25-21)14-26-20)23-12-15-8-4-2-5-9-15/h2-11,17-21H,12-14H2,1H3/t17-,18-,19+,20+,21+/m1/s1. The first-order valence-electron chi connectivity index (χ1n) is 8.96. The van der Waals surface area contributed by atoms with Crippen molar-refractivity contribution in [2.45, 2.75) is 43.1 Å². The second-order valence-corrected chi connectivity index (χ2v) is 7.81. The quantitative estimate of drug-likeness (QED) is 0.742. The Morgan fingerprint density at radius 1 is 0.885 bits per heavy atom. The van der Waals surface area contributed by atoms with Crippen LogP contribution in [-0.2, 0) is 32.2 Å². The van der Waals surface area contributed by atoms with Gasteiger partial charge in [0, 0.05) is 12.9 Å². The van der Waals surface area contributed by atoms with Crippen LogP contribution in [0.4, 0.5) is 0 Å². The van der Waals surface area contributed by atoms with E-state index in [2.05, 4.69) is 24.3 Å². The van der Waals surface area contributed by atoms with Gasteiger partial charge in [0.25, 0.3) is 0 Å². The molecule has 138 valence electrons. The number of fused-ring (bicyclic) bond motifs is 2. The van der Waals surface area contributed by atoms with Crippen LogP contribution in [0.15, 0.2) is 60.7 Å². The van der Waals surface area contributed by atoms with E-state index < -0.39 is 0 Å². The van der Waals surface area contributed by atoms with Crippen LogP contribution in [-0.4, -0.2) is 42.7 Å². The molecule has 2 saturated heterocycles. The number of hydrogen-bond acceptors (Lipinski definition) is 5. The summed E-state index contributed by atoms with van der Waals surface area (Å²) in [7, 11) is 1.68. The van der Waals surface area contributed by atoms with E-state index in [1.54, 1.807) is 7.11 Å². The van der Waals surface area contributed by atoms with E-state index in [1.807, 2.05) is 48.2 Å². The minimum atomic E-state index is -0.347. The summed E-state index contributed by atoms with van der Waals surface area (Å²) in [4.78, 5) is 0. The predicted molar refractivity (Wildman–Crippen MR) is 102 cm³/mol. The molecule has 4 nitrogen and oxygen atoms in total. The minimum Gasteiger partial charge on any atom is -0.370 e. The minimum absolute atomic E-state index is 0.0207. The Labute approximate surface area is 158 Å². The normalized spacial score (nSPS) is 30.4. The molecule has 0 amide bonds. The molecular formula is C21H24O4S. The SMILES string of the molecule is CO[C@H]1O[C@@H]2CS[C@H]([C@@H]1OCc1ccccc1)[C@@H]2OCc1ccccc1. The maximum atomic E-state index is 6.25.